The summed E-state index contributed by atoms with van der Waals surface area (Å²) in [4.78, 5) is 16.1. The van der Waals surface area contributed by atoms with Gasteiger partial charge in [-0.25, -0.2) is 0 Å². The van der Waals surface area contributed by atoms with Crippen molar-refractivity contribution < 1.29 is 14.3 Å². The summed E-state index contributed by atoms with van der Waals surface area (Å²) in [5, 5.41) is 15.9. The van der Waals surface area contributed by atoms with Crippen LogP contribution in [0.25, 0.3) is 11.1 Å². The number of fused-ring (bicyclic) bond motifs is 1. The zero-order chi connectivity index (χ0) is 20.4. The number of aromatic nitrogens is 1. The molecule has 4 rings (SSSR count). The Morgan fingerprint density at radius 2 is 1.93 bits per heavy atom. The molecule has 7 heteroatoms. The molecular weight excluding hydrogens is 368 g/mol. The molecule has 0 atom stereocenters. The zero-order valence-electron chi connectivity index (χ0n) is 15.9. The molecule has 1 aliphatic heterocycles. The summed E-state index contributed by atoms with van der Waals surface area (Å²) in [6.45, 7) is 0. The largest absolute Gasteiger partial charge is 0.493 e. The van der Waals surface area contributed by atoms with Gasteiger partial charge in [0.1, 0.15) is 6.07 Å². The Morgan fingerprint density at radius 3 is 2.69 bits per heavy atom. The van der Waals surface area contributed by atoms with Crippen LogP contribution in [-0.2, 0) is 11.2 Å². The molecule has 144 valence electrons. The fourth-order valence-electron chi connectivity index (χ4n) is 3.48. The van der Waals surface area contributed by atoms with Crippen LogP contribution in [0.5, 0.6) is 11.5 Å². The van der Waals surface area contributed by atoms with Gasteiger partial charge in [0, 0.05) is 40.5 Å². The molecule has 2 heterocycles. The third-order valence-electron chi connectivity index (χ3n) is 4.81. The van der Waals surface area contributed by atoms with Crippen LogP contribution in [0, 0.1) is 11.3 Å². The molecule has 0 saturated heterocycles. The second-order valence-electron chi connectivity index (χ2n) is 6.44. The van der Waals surface area contributed by atoms with Gasteiger partial charge in [0.15, 0.2) is 11.5 Å². The smallest absolute Gasteiger partial charge is 0.228 e. The molecule has 7 nitrogen and oxygen atoms in total. The minimum absolute atomic E-state index is 0.0563. The van der Waals surface area contributed by atoms with Crippen LogP contribution in [0.3, 0.4) is 0 Å². The summed E-state index contributed by atoms with van der Waals surface area (Å²) in [6.07, 6.45) is 3.46. The lowest BCUT2D eigenvalue weighted by Gasteiger charge is -2.18. The van der Waals surface area contributed by atoms with Gasteiger partial charge >= 0.3 is 0 Å². The molecular formula is C22H18N4O3. The maximum atomic E-state index is 11.8. The summed E-state index contributed by atoms with van der Waals surface area (Å²) in [5.41, 5.74) is 4.78. The number of pyridine rings is 1. The van der Waals surface area contributed by atoms with Crippen molar-refractivity contribution in [2.75, 3.05) is 24.9 Å². The van der Waals surface area contributed by atoms with Crippen molar-refractivity contribution in [3.63, 3.8) is 0 Å². The molecule has 0 saturated carbocycles. The summed E-state index contributed by atoms with van der Waals surface area (Å²) in [6, 6.07) is 13.3. The van der Waals surface area contributed by atoms with Crippen molar-refractivity contribution in [1.29, 1.82) is 5.26 Å². The lowest BCUT2D eigenvalue weighted by Crippen LogP contribution is -2.04. The zero-order valence-corrected chi connectivity index (χ0v) is 15.9. The lowest BCUT2D eigenvalue weighted by molar-refractivity contribution is -0.115. The predicted octanol–water partition coefficient (Wildman–Crippen LogP) is 3.88. The van der Waals surface area contributed by atoms with Gasteiger partial charge in [-0.15, -0.1) is 0 Å². The van der Waals surface area contributed by atoms with Crippen LogP contribution in [0.15, 0.2) is 48.8 Å². The highest BCUT2D eigenvalue weighted by Crippen LogP contribution is 2.43. The third-order valence-corrected chi connectivity index (χ3v) is 4.81. The van der Waals surface area contributed by atoms with Crippen LogP contribution in [0.2, 0.25) is 0 Å². The number of ether oxygens (including phenoxy) is 2. The van der Waals surface area contributed by atoms with Crippen LogP contribution in [0.1, 0.15) is 11.1 Å². The first kappa shape index (κ1) is 18.3. The maximum Gasteiger partial charge on any atom is 0.228 e. The van der Waals surface area contributed by atoms with Gasteiger partial charge in [-0.3, -0.25) is 9.78 Å². The van der Waals surface area contributed by atoms with Crippen molar-refractivity contribution in [3.05, 3.63) is 59.9 Å². The van der Waals surface area contributed by atoms with Gasteiger partial charge in [-0.1, -0.05) is 18.2 Å². The first-order valence-electron chi connectivity index (χ1n) is 8.94. The van der Waals surface area contributed by atoms with Gasteiger partial charge < -0.3 is 20.1 Å². The van der Waals surface area contributed by atoms with Gasteiger partial charge in [0.05, 0.1) is 31.9 Å². The van der Waals surface area contributed by atoms with Crippen molar-refractivity contribution >= 4 is 23.0 Å². The molecule has 0 radical (unpaired) electrons. The Labute approximate surface area is 167 Å². The fraction of sp³-hybridized carbons (Fsp3) is 0.136. The van der Waals surface area contributed by atoms with Crippen molar-refractivity contribution in [2.24, 2.45) is 0 Å². The Balaban J connectivity index is 1.88. The second-order valence-corrected chi connectivity index (χ2v) is 6.44. The topological polar surface area (TPSA) is 96.3 Å². The number of anilines is 3. The molecule has 2 aromatic carbocycles. The van der Waals surface area contributed by atoms with Crippen LogP contribution in [0.4, 0.5) is 17.1 Å². The number of carbonyl (C=O) groups is 1. The Kier molecular flexibility index (Phi) is 4.75. The molecule has 3 aromatic rings. The van der Waals surface area contributed by atoms with E-state index in [4.69, 9.17) is 9.47 Å². The summed E-state index contributed by atoms with van der Waals surface area (Å²) in [7, 11) is 3.14. The average molecular weight is 386 g/mol. The summed E-state index contributed by atoms with van der Waals surface area (Å²) in [5.74, 6) is 1.07. The van der Waals surface area contributed by atoms with E-state index >= 15 is 0 Å². The number of hydrogen-bond acceptors (Lipinski definition) is 6. The standard InChI is InChI=1S/C22H18N4O3/c1-28-19-8-3-5-14(22(19)29-2)16-12-24-11-13(10-23)21(16)26-18-7-4-6-17-15(18)9-20(27)25-17/h3-8,11-12H,9H2,1-2H3,(H,24,26)(H,25,27). The van der Waals surface area contributed by atoms with E-state index in [1.54, 1.807) is 26.5 Å². The second kappa shape index (κ2) is 7.52. The van der Waals surface area contributed by atoms with E-state index in [1.165, 1.54) is 6.20 Å². The van der Waals surface area contributed by atoms with Crippen molar-refractivity contribution in [2.45, 2.75) is 6.42 Å². The van der Waals surface area contributed by atoms with E-state index in [2.05, 4.69) is 21.7 Å². The number of carbonyl (C=O) groups excluding carboxylic acids is 1. The van der Waals surface area contributed by atoms with Crippen LogP contribution >= 0.6 is 0 Å². The number of para-hydroxylation sites is 1. The monoisotopic (exact) mass is 386 g/mol. The summed E-state index contributed by atoms with van der Waals surface area (Å²) < 4.78 is 11.0. The number of benzene rings is 2. The Morgan fingerprint density at radius 1 is 1.10 bits per heavy atom. The highest BCUT2D eigenvalue weighted by Gasteiger charge is 2.23. The number of methoxy groups -OCH3 is 2. The normalized spacial score (nSPS) is 12.0. The van der Waals surface area contributed by atoms with Crippen LogP contribution < -0.4 is 20.1 Å². The lowest BCUT2D eigenvalue weighted by atomic mass is 10.0. The molecule has 0 bridgehead atoms. The van der Waals surface area contributed by atoms with E-state index in [0.717, 1.165) is 22.5 Å². The third kappa shape index (κ3) is 3.21. The average Bonchev–Trinajstić information content (AvgIpc) is 3.14. The molecule has 1 aromatic heterocycles. The first-order valence-corrected chi connectivity index (χ1v) is 8.94. The minimum atomic E-state index is -0.0563. The van der Waals surface area contributed by atoms with Gasteiger partial charge in [-0.2, -0.15) is 5.26 Å². The quantitative estimate of drug-likeness (QED) is 0.691. The highest BCUT2D eigenvalue weighted by atomic mass is 16.5. The molecule has 0 spiro atoms. The Bertz CT molecular complexity index is 1150. The fourth-order valence-corrected chi connectivity index (χ4v) is 3.48. The van der Waals surface area contributed by atoms with E-state index in [9.17, 15) is 10.1 Å². The van der Waals surface area contributed by atoms with Crippen molar-refractivity contribution in [1.82, 2.24) is 4.98 Å². The van der Waals surface area contributed by atoms with E-state index in [0.29, 0.717) is 28.3 Å². The number of nitrogens with zero attached hydrogens (tertiary/aromatic N) is 2. The highest BCUT2D eigenvalue weighted by molar-refractivity contribution is 6.02. The molecule has 2 N–H and O–H groups in total. The number of nitriles is 1. The van der Waals surface area contributed by atoms with Crippen molar-refractivity contribution in [3.8, 4) is 28.7 Å². The number of rotatable bonds is 5. The number of amides is 1. The van der Waals surface area contributed by atoms with Gasteiger partial charge in [0.2, 0.25) is 5.91 Å². The van der Waals surface area contributed by atoms with E-state index in [-0.39, 0.29) is 12.3 Å². The summed E-state index contributed by atoms with van der Waals surface area (Å²) >= 11 is 0. The Hall–Kier alpha value is -4.05. The maximum absolute atomic E-state index is 11.8. The first-order chi connectivity index (χ1) is 14.2. The van der Waals surface area contributed by atoms with Gasteiger partial charge in [-0.05, 0) is 18.2 Å². The molecule has 0 aliphatic carbocycles. The minimum Gasteiger partial charge on any atom is -0.493 e. The number of hydrogen-bond donors (Lipinski definition) is 2. The molecule has 29 heavy (non-hydrogen) atoms. The van der Waals surface area contributed by atoms with Gasteiger partial charge in [0.25, 0.3) is 0 Å². The molecule has 1 amide bonds. The predicted molar refractivity (Wildman–Crippen MR) is 110 cm³/mol. The molecule has 0 fully saturated rings. The number of nitrogens with one attached hydrogen (secondary N) is 2. The van der Waals surface area contributed by atoms with E-state index in [1.807, 2.05) is 30.3 Å². The van der Waals surface area contributed by atoms with Crippen LogP contribution in [-0.4, -0.2) is 25.1 Å². The van der Waals surface area contributed by atoms with E-state index < -0.39 is 0 Å². The SMILES string of the molecule is COc1cccc(-c2cncc(C#N)c2Nc2cccc3c2CC(=O)N3)c1OC. The molecule has 0 unspecified atom stereocenters. The molecule has 1 aliphatic rings.